The summed E-state index contributed by atoms with van der Waals surface area (Å²) in [4.78, 5) is 2.54. The first-order valence-corrected chi connectivity index (χ1v) is 6.31. The normalized spacial score (nSPS) is 25.3. The molecule has 0 aromatic rings. The molecule has 0 aromatic heterocycles. The van der Waals surface area contributed by atoms with E-state index in [2.05, 4.69) is 30.8 Å². The number of nitrogens with one attached hydrogen (secondary N) is 1. The Morgan fingerprint density at radius 3 is 2.80 bits per heavy atom. The minimum absolute atomic E-state index is 0.828. The number of rotatable bonds is 8. The Morgan fingerprint density at radius 1 is 1.47 bits per heavy atom. The maximum absolute atomic E-state index is 3.76. The summed E-state index contributed by atoms with van der Waals surface area (Å²) in [6.45, 7) is 9.47. The van der Waals surface area contributed by atoms with Crippen molar-refractivity contribution in [2.75, 3.05) is 26.7 Å². The molecule has 0 heterocycles. The van der Waals surface area contributed by atoms with Crippen molar-refractivity contribution in [3.05, 3.63) is 12.7 Å². The molecule has 1 rings (SSSR count). The van der Waals surface area contributed by atoms with Crippen molar-refractivity contribution in [3.8, 4) is 0 Å². The van der Waals surface area contributed by atoms with Gasteiger partial charge in [0.2, 0.25) is 0 Å². The average molecular weight is 210 g/mol. The Labute approximate surface area is 94.7 Å². The van der Waals surface area contributed by atoms with Gasteiger partial charge in [0.05, 0.1) is 0 Å². The Kier molecular flexibility index (Phi) is 5.96. The minimum atomic E-state index is 0.828. The summed E-state index contributed by atoms with van der Waals surface area (Å²) in [6.07, 6.45) is 7.22. The molecule has 0 aliphatic heterocycles. The van der Waals surface area contributed by atoms with Crippen LogP contribution in [0, 0.1) is 5.92 Å². The molecule has 15 heavy (non-hydrogen) atoms. The molecular weight excluding hydrogens is 184 g/mol. The fraction of sp³-hybridized carbons (Fsp3) is 0.846. The quantitative estimate of drug-likeness (QED) is 0.488. The van der Waals surface area contributed by atoms with Gasteiger partial charge in [-0.25, -0.2) is 0 Å². The summed E-state index contributed by atoms with van der Waals surface area (Å²) in [7, 11) is 2.27. The summed E-state index contributed by atoms with van der Waals surface area (Å²) in [5.74, 6) is 0.888. The van der Waals surface area contributed by atoms with Gasteiger partial charge in [0, 0.05) is 6.04 Å². The van der Waals surface area contributed by atoms with Gasteiger partial charge in [-0.05, 0) is 58.3 Å². The van der Waals surface area contributed by atoms with Gasteiger partial charge in [-0.1, -0.05) is 13.0 Å². The average Bonchev–Trinajstić information content (AvgIpc) is 2.17. The lowest BCUT2D eigenvalue weighted by Crippen LogP contribution is -2.49. The van der Waals surface area contributed by atoms with E-state index in [1.165, 1.54) is 32.4 Å². The smallest absolute Gasteiger partial charge is 0.0133 e. The molecule has 2 nitrogen and oxygen atoms in total. The lowest BCUT2D eigenvalue weighted by Gasteiger charge is -2.43. The summed E-state index contributed by atoms with van der Waals surface area (Å²) < 4.78 is 0. The minimum Gasteiger partial charge on any atom is -0.317 e. The van der Waals surface area contributed by atoms with E-state index in [0.717, 1.165) is 24.9 Å². The highest BCUT2D eigenvalue weighted by Crippen LogP contribution is 2.30. The molecule has 2 heteroatoms. The van der Waals surface area contributed by atoms with E-state index in [-0.39, 0.29) is 0 Å². The van der Waals surface area contributed by atoms with Crippen LogP contribution < -0.4 is 5.32 Å². The van der Waals surface area contributed by atoms with Crippen molar-refractivity contribution in [2.24, 2.45) is 5.92 Å². The monoisotopic (exact) mass is 210 g/mol. The highest BCUT2D eigenvalue weighted by atomic mass is 15.1. The third-order valence-corrected chi connectivity index (χ3v) is 3.52. The molecule has 0 spiro atoms. The topological polar surface area (TPSA) is 15.3 Å². The zero-order valence-corrected chi connectivity index (χ0v) is 10.3. The predicted octanol–water partition coefficient (Wildman–Crippen LogP) is 2.27. The van der Waals surface area contributed by atoms with Crippen molar-refractivity contribution in [2.45, 2.75) is 38.6 Å². The number of allylic oxidation sites excluding steroid dienone is 1. The Balaban J connectivity index is 2.15. The zero-order chi connectivity index (χ0) is 11.1. The Morgan fingerprint density at radius 2 is 2.27 bits per heavy atom. The van der Waals surface area contributed by atoms with E-state index in [1.807, 2.05) is 6.08 Å². The zero-order valence-electron chi connectivity index (χ0n) is 10.3. The molecule has 1 saturated carbocycles. The molecule has 88 valence electrons. The van der Waals surface area contributed by atoms with Gasteiger partial charge in [0.15, 0.2) is 0 Å². The van der Waals surface area contributed by atoms with Crippen LogP contribution in [0.25, 0.3) is 0 Å². The van der Waals surface area contributed by atoms with Crippen molar-refractivity contribution in [1.29, 1.82) is 0 Å². The van der Waals surface area contributed by atoms with Crippen LogP contribution in [-0.4, -0.2) is 37.6 Å². The molecule has 1 aliphatic rings. The van der Waals surface area contributed by atoms with Gasteiger partial charge in [-0.15, -0.1) is 6.58 Å². The van der Waals surface area contributed by atoms with E-state index < -0.39 is 0 Å². The first-order valence-electron chi connectivity index (χ1n) is 6.31. The highest BCUT2D eigenvalue weighted by molar-refractivity contribution is 4.88. The maximum atomic E-state index is 3.76. The fourth-order valence-corrected chi connectivity index (χ4v) is 2.35. The molecule has 0 amide bonds. The van der Waals surface area contributed by atoms with Crippen LogP contribution in [0.4, 0.5) is 0 Å². The molecule has 0 bridgehead atoms. The van der Waals surface area contributed by atoms with Crippen LogP contribution in [-0.2, 0) is 0 Å². The maximum Gasteiger partial charge on any atom is 0.0133 e. The molecule has 1 N–H and O–H groups in total. The highest BCUT2D eigenvalue weighted by Gasteiger charge is 2.32. The van der Waals surface area contributed by atoms with Crippen LogP contribution in [0.2, 0.25) is 0 Å². The van der Waals surface area contributed by atoms with Gasteiger partial charge in [-0.3, -0.25) is 0 Å². The number of unbranched alkanes of at least 4 members (excludes halogenated alkanes) is 1. The number of nitrogens with zero attached hydrogens (tertiary/aromatic N) is 1. The van der Waals surface area contributed by atoms with Crippen molar-refractivity contribution in [3.63, 3.8) is 0 Å². The van der Waals surface area contributed by atoms with Crippen LogP contribution in [0.3, 0.4) is 0 Å². The third kappa shape index (κ3) is 3.96. The van der Waals surface area contributed by atoms with Crippen LogP contribution in [0.1, 0.15) is 32.6 Å². The number of hydrogen-bond donors (Lipinski definition) is 1. The molecule has 0 radical (unpaired) electrons. The molecule has 2 atom stereocenters. The van der Waals surface area contributed by atoms with E-state index in [1.54, 1.807) is 0 Å². The van der Waals surface area contributed by atoms with Crippen molar-refractivity contribution >= 4 is 0 Å². The van der Waals surface area contributed by atoms with Gasteiger partial charge >= 0.3 is 0 Å². The Hall–Kier alpha value is -0.340. The number of hydrogen-bond acceptors (Lipinski definition) is 2. The molecular formula is C13H26N2. The molecule has 0 saturated heterocycles. The first-order chi connectivity index (χ1) is 7.29. The second-order valence-corrected chi connectivity index (χ2v) is 4.62. The van der Waals surface area contributed by atoms with Crippen molar-refractivity contribution in [1.82, 2.24) is 10.2 Å². The van der Waals surface area contributed by atoms with Gasteiger partial charge in [0.25, 0.3) is 0 Å². The first kappa shape index (κ1) is 12.7. The standard InChI is InChI=1S/C13H26N2/c1-4-6-7-10-15(3)13-9-8-12(13)11-14-5-2/h4,12-14H,1,5-11H2,2-3H3. The predicted molar refractivity (Wildman–Crippen MR) is 67.1 cm³/mol. The lowest BCUT2D eigenvalue weighted by molar-refractivity contribution is 0.0835. The Bertz CT molecular complexity index is 179. The molecule has 1 aliphatic carbocycles. The van der Waals surface area contributed by atoms with Crippen LogP contribution >= 0.6 is 0 Å². The van der Waals surface area contributed by atoms with Gasteiger partial charge in [-0.2, -0.15) is 0 Å². The fourth-order valence-electron chi connectivity index (χ4n) is 2.35. The third-order valence-electron chi connectivity index (χ3n) is 3.52. The van der Waals surface area contributed by atoms with Gasteiger partial charge < -0.3 is 10.2 Å². The van der Waals surface area contributed by atoms with E-state index in [4.69, 9.17) is 0 Å². The summed E-state index contributed by atoms with van der Waals surface area (Å²) in [5.41, 5.74) is 0. The largest absolute Gasteiger partial charge is 0.317 e. The molecule has 2 unspecified atom stereocenters. The molecule has 1 fully saturated rings. The second-order valence-electron chi connectivity index (χ2n) is 4.62. The van der Waals surface area contributed by atoms with Crippen LogP contribution in [0.15, 0.2) is 12.7 Å². The lowest BCUT2D eigenvalue weighted by atomic mass is 9.78. The van der Waals surface area contributed by atoms with E-state index >= 15 is 0 Å². The SMILES string of the molecule is C=CCCCN(C)C1CCC1CNCC. The molecule has 0 aromatic carbocycles. The van der Waals surface area contributed by atoms with E-state index in [9.17, 15) is 0 Å². The second kappa shape index (κ2) is 7.02. The van der Waals surface area contributed by atoms with E-state index in [0.29, 0.717) is 0 Å². The summed E-state index contributed by atoms with van der Waals surface area (Å²) in [5, 5.41) is 3.46. The van der Waals surface area contributed by atoms with Crippen LogP contribution in [0.5, 0.6) is 0 Å². The van der Waals surface area contributed by atoms with Gasteiger partial charge in [0.1, 0.15) is 0 Å². The van der Waals surface area contributed by atoms with Crippen molar-refractivity contribution < 1.29 is 0 Å². The summed E-state index contributed by atoms with van der Waals surface area (Å²) in [6, 6.07) is 0.828. The summed E-state index contributed by atoms with van der Waals surface area (Å²) >= 11 is 0.